The van der Waals surface area contributed by atoms with E-state index >= 15 is 0 Å². The summed E-state index contributed by atoms with van der Waals surface area (Å²) in [5.41, 5.74) is 2.43. The molecule has 0 fully saturated rings. The number of nitrogens with zero attached hydrogens (tertiary/aromatic N) is 1. The molecule has 4 nitrogen and oxygen atoms in total. The molecule has 0 unspecified atom stereocenters. The minimum absolute atomic E-state index is 0.177. The molecule has 0 bridgehead atoms. The van der Waals surface area contributed by atoms with E-state index in [2.05, 4.69) is 6.07 Å². The highest BCUT2D eigenvalue weighted by Gasteiger charge is 2.08. The summed E-state index contributed by atoms with van der Waals surface area (Å²) >= 11 is 0. The predicted molar refractivity (Wildman–Crippen MR) is 74.1 cm³/mol. The fourth-order valence-corrected chi connectivity index (χ4v) is 1.80. The van der Waals surface area contributed by atoms with Gasteiger partial charge in [-0.05, 0) is 55.3 Å². The molecule has 4 heteroatoms. The van der Waals surface area contributed by atoms with Gasteiger partial charge in [0.25, 0.3) is 0 Å². The van der Waals surface area contributed by atoms with Crippen molar-refractivity contribution >= 4 is 5.97 Å². The maximum atomic E-state index is 11.0. The van der Waals surface area contributed by atoms with Gasteiger partial charge in [-0.15, -0.1) is 0 Å². The van der Waals surface area contributed by atoms with Crippen molar-refractivity contribution in [2.24, 2.45) is 0 Å². The molecular weight excluding hydrogens is 254 g/mol. The first-order valence-corrected chi connectivity index (χ1v) is 6.04. The smallest absolute Gasteiger partial charge is 0.335 e. The second-order valence-corrected chi connectivity index (χ2v) is 4.48. The Balaban J connectivity index is 2.35. The van der Waals surface area contributed by atoms with E-state index in [-0.39, 0.29) is 5.56 Å². The quantitative estimate of drug-likeness (QED) is 0.921. The van der Waals surface area contributed by atoms with E-state index in [1.54, 1.807) is 24.3 Å². The molecule has 2 aromatic carbocycles. The van der Waals surface area contributed by atoms with Crippen LogP contribution in [0.25, 0.3) is 0 Å². The Morgan fingerprint density at radius 1 is 1.15 bits per heavy atom. The molecule has 0 saturated heterocycles. The lowest BCUT2D eigenvalue weighted by Gasteiger charge is -2.10. The lowest BCUT2D eigenvalue weighted by molar-refractivity contribution is 0.0696. The molecule has 0 amide bonds. The average molecular weight is 267 g/mol. The van der Waals surface area contributed by atoms with E-state index in [4.69, 9.17) is 15.1 Å². The van der Waals surface area contributed by atoms with Crippen molar-refractivity contribution in [1.82, 2.24) is 0 Å². The van der Waals surface area contributed by atoms with Gasteiger partial charge in [0.1, 0.15) is 11.5 Å². The largest absolute Gasteiger partial charge is 0.478 e. The van der Waals surface area contributed by atoms with E-state index in [1.165, 1.54) is 12.1 Å². The van der Waals surface area contributed by atoms with Crippen LogP contribution in [0, 0.1) is 25.2 Å². The van der Waals surface area contributed by atoms with E-state index in [0.29, 0.717) is 17.1 Å². The number of nitriles is 1. The van der Waals surface area contributed by atoms with Crippen LogP contribution in [-0.2, 0) is 0 Å². The summed E-state index contributed by atoms with van der Waals surface area (Å²) in [7, 11) is 0. The topological polar surface area (TPSA) is 70.3 Å². The number of aryl methyl sites for hydroxylation is 2. The van der Waals surface area contributed by atoms with Gasteiger partial charge < -0.3 is 9.84 Å². The van der Waals surface area contributed by atoms with Crippen LogP contribution in [0.5, 0.6) is 11.5 Å². The molecule has 0 spiro atoms. The minimum Gasteiger partial charge on any atom is -0.478 e. The summed E-state index contributed by atoms with van der Waals surface area (Å²) in [6.45, 7) is 3.67. The van der Waals surface area contributed by atoms with E-state index in [1.807, 2.05) is 13.8 Å². The zero-order valence-corrected chi connectivity index (χ0v) is 11.2. The number of carboxylic acids is 1. The van der Waals surface area contributed by atoms with Crippen LogP contribution in [0.4, 0.5) is 0 Å². The maximum Gasteiger partial charge on any atom is 0.335 e. The van der Waals surface area contributed by atoms with E-state index < -0.39 is 5.97 Å². The van der Waals surface area contributed by atoms with E-state index in [9.17, 15) is 4.79 Å². The Morgan fingerprint density at radius 2 is 1.90 bits per heavy atom. The summed E-state index contributed by atoms with van der Waals surface area (Å²) in [6, 6.07) is 11.9. The minimum atomic E-state index is -0.995. The number of carboxylic acid groups (broad SMARTS) is 1. The highest BCUT2D eigenvalue weighted by Crippen LogP contribution is 2.27. The van der Waals surface area contributed by atoms with Crippen molar-refractivity contribution in [3.05, 3.63) is 58.7 Å². The Kier molecular flexibility index (Phi) is 3.72. The van der Waals surface area contributed by atoms with Crippen LogP contribution in [-0.4, -0.2) is 11.1 Å². The second-order valence-electron chi connectivity index (χ2n) is 4.48. The van der Waals surface area contributed by atoms with Gasteiger partial charge in [-0.25, -0.2) is 4.79 Å². The highest BCUT2D eigenvalue weighted by molar-refractivity contribution is 5.88. The number of hydrogen-bond acceptors (Lipinski definition) is 3. The maximum absolute atomic E-state index is 11.0. The zero-order valence-electron chi connectivity index (χ0n) is 11.2. The predicted octanol–water partition coefficient (Wildman–Crippen LogP) is 3.67. The van der Waals surface area contributed by atoms with Crippen LogP contribution in [0.15, 0.2) is 36.4 Å². The van der Waals surface area contributed by atoms with Crippen molar-refractivity contribution in [3.8, 4) is 17.6 Å². The molecule has 2 aromatic rings. The van der Waals surface area contributed by atoms with Crippen LogP contribution in [0.1, 0.15) is 27.0 Å². The van der Waals surface area contributed by atoms with Gasteiger partial charge in [-0.1, -0.05) is 6.07 Å². The Hall–Kier alpha value is -2.80. The van der Waals surface area contributed by atoms with Crippen molar-refractivity contribution in [1.29, 1.82) is 5.26 Å². The third-order valence-electron chi connectivity index (χ3n) is 2.98. The van der Waals surface area contributed by atoms with Crippen LogP contribution >= 0.6 is 0 Å². The Morgan fingerprint density at radius 3 is 2.50 bits per heavy atom. The number of benzene rings is 2. The summed E-state index contributed by atoms with van der Waals surface area (Å²) in [5, 5.41) is 17.9. The van der Waals surface area contributed by atoms with E-state index in [0.717, 1.165) is 11.1 Å². The van der Waals surface area contributed by atoms with Crippen molar-refractivity contribution < 1.29 is 14.6 Å². The molecule has 1 N–H and O–H groups in total. The summed E-state index contributed by atoms with van der Waals surface area (Å²) < 4.78 is 5.71. The van der Waals surface area contributed by atoms with Crippen LogP contribution < -0.4 is 4.74 Å². The number of hydrogen-bond donors (Lipinski definition) is 1. The monoisotopic (exact) mass is 267 g/mol. The van der Waals surface area contributed by atoms with Crippen LogP contribution in [0.2, 0.25) is 0 Å². The number of aromatic carboxylic acids is 1. The number of carbonyl (C=O) groups is 1. The van der Waals surface area contributed by atoms with Gasteiger partial charge in [0, 0.05) is 0 Å². The summed E-state index contributed by atoms with van der Waals surface area (Å²) in [5.74, 6) is 0.0759. The number of ether oxygens (including phenoxy) is 1. The fraction of sp³-hybridized carbons (Fsp3) is 0.125. The SMILES string of the molecule is Cc1cc(Oc2cc(C(=O)O)ccc2C)ccc1C#N. The molecule has 0 aliphatic heterocycles. The molecule has 20 heavy (non-hydrogen) atoms. The second kappa shape index (κ2) is 5.45. The first-order chi connectivity index (χ1) is 9.51. The third-order valence-corrected chi connectivity index (χ3v) is 2.98. The molecule has 100 valence electrons. The molecule has 0 aliphatic carbocycles. The van der Waals surface area contributed by atoms with Crippen molar-refractivity contribution in [3.63, 3.8) is 0 Å². The summed E-state index contributed by atoms with van der Waals surface area (Å²) in [4.78, 5) is 11.0. The van der Waals surface area contributed by atoms with Crippen molar-refractivity contribution in [2.75, 3.05) is 0 Å². The van der Waals surface area contributed by atoms with Gasteiger partial charge in [0.2, 0.25) is 0 Å². The van der Waals surface area contributed by atoms with Crippen molar-refractivity contribution in [2.45, 2.75) is 13.8 Å². The standard InChI is InChI=1S/C16H13NO3/c1-10-3-4-12(16(18)19)8-15(10)20-14-6-5-13(9-17)11(2)7-14/h3-8H,1-2H3,(H,18,19). The zero-order chi connectivity index (χ0) is 14.7. The lowest BCUT2D eigenvalue weighted by atomic mass is 10.1. The normalized spacial score (nSPS) is 9.85. The average Bonchev–Trinajstić information content (AvgIpc) is 2.41. The number of rotatable bonds is 3. The molecule has 0 radical (unpaired) electrons. The first kappa shape index (κ1) is 13.6. The van der Waals surface area contributed by atoms with Gasteiger partial charge in [0.05, 0.1) is 17.2 Å². The molecule has 0 aromatic heterocycles. The van der Waals surface area contributed by atoms with Gasteiger partial charge >= 0.3 is 5.97 Å². The molecule has 0 saturated carbocycles. The van der Waals surface area contributed by atoms with Gasteiger partial charge in [-0.3, -0.25) is 0 Å². The molecular formula is C16H13NO3. The highest BCUT2D eigenvalue weighted by atomic mass is 16.5. The summed E-state index contributed by atoms with van der Waals surface area (Å²) in [6.07, 6.45) is 0. The molecule has 2 rings (SSSR count). The third kappa shape index (κ3) is 2.78. The Bertz CT molecular complexity index is 714. The molecule has 0 aliphatic rings. The fourth-order valence-electron chi connectivity index (χ4n) is 1.80. The molecule has 0 atom stereocenters. The van der Waals surface area contributed by atoms with Gasteiger partial charge in [0.15, 0.2) is 0 Å². The first-order valence-electron chi connectivity index (χ1n) is 6.04. The van der Waals surface area contributed by atoms with Gasteiger partial charge in [-0.2, -0.15) is 5.26 Å². The molecule has 0 heterocycles. The van der Waals surface area contributed by atoms with Crippen LogP contribution in [0.3, 0.4) is 0 Å². The Labute approximate surface area is 116 Å². The lowest BCUT2D eigenvalue weighted by Crippen LogP contribution is -1.98.